The van der Waals surface area contributed by atoms with Gasteiger partial charge in [0.15, 0.2) is 11.5 Å². The summed E-state index contributed by atoms with van der Waals surface area (Å²) in [4.78, 5) is 38.8. The summed E-state index contributed by atoms with van der Waals surface area (Å²) in [5.74, 6) is 0.364. The highest BCUT2D eigenvalue weighted by atomic mass is 35.5. The number of anilines is 1. The van der Waals surface area contributed by atoms with E-state index in [0.29, 0.717) is 41.0 Å². The number of benzene rings is 4. The number of hydrogen-bond donors (Lipinski definition) is 1. The van der Waals surface area contributed by atoms with Crippen LogP contribution in [0.5, 0.6) is 17.2 Å². The van der Waals surface area contributed by atoms with E-state index in [-0.39, 0.29) is 17.9 Å². The number of halogens is 1. The lowest BCUT2D eigenvalue weighted by Crippen LogP contribution is -2.54. The highest BCUT2D eigenvalue weighted by Crippen LogP contribution is 2.30. The van der Waals surface area contributed by atoms with E-state index in [1.54, 1.807) is 42.5 Å². The smallest absolute Gasteiger partial charge is 0.335 e. The van der Waals surface area contributed by atoms with Crippen LogP contribution in [0.3, 0.4) is 0 Å². The van der Waals surface area contributed by atoms with E-state index in [1.165, 1.54) is 12.1 Å². The molecule has 4 aromatic carbocycles. The molecule has 1 aliphatic rings. The lowest BCUT2D eigenvalue weighted by atomic mass is 10.1. The maximum Gasteiger partial charge on any atom is 0.335 e. The monoisotopic (exact) mass is 582 g/mol. The van der Waals surface area contributed by atoms with Gasteiger partial charge in [-0.3, -0.25) is 14.9 Å². The largest absolute Gasteiger partial charge is 0.490 e. The Morgan fingerprint density at radius 3 is 2.26 bits per heavy atom. The van der Waals surface area contributed by atoms with Crippen molar-refractivity contribution in [2.45, 2.75) is 20.1 Å². The summed E-state index contributed by atoms with van der Waals surface area (Å²) in [6.45, 7) is 3.13. The number of carbonyl (C=O) groups is 3. The van der Waals surface area contributed by atoms with Crippen LogP contribution in [0.1, 0.15) is 23.6 Å². The quantitative estimate of drug-likeness (QED) is 0.168. The van der Waals surface area contributed by atoms with Crippen LogP contribution in [0.4, 0.5) is 10.5 Å². The second-order valence-corrected chi connectivity index (χ2v) is 9.72. The lowest BCUT2D eigenvalue weighted by molar-refractivity contribution is -0.122. The number of ether oxygens (including phenoxy) is 3. The molecular weight excluding hydrogens is 556 g/mol. The van der Waals surface area contributed by atoms with Gasteiger partial charge in [-0.25, -0.2) is 9.69 Å². The zero-order chi connectivity index (χ0) is 29.5. The second-order valence-electron chi connectivity index (χ2n) is 9.28. The first-order chi connectivity index (χ1) is 20.4. The predicted molar refractivity (Wildman–Crippen MR) is 160 cm³/mol. The number of amides is 4. The van der Waals surface area contributed by atoms with E-state index in [0.717, 1.165) is 16.0 Å². The third kappa shape index (κ3) is 6.79. The maximum atomic E-state index is 13.1. The van der Waals surface area contributed by atoms with Crippen LogP contribution in [0.25, 0.3) is 6.08 Å². The van der Waals surface area contributed by atoms with Gasteiger partial charge in [0, 0.05) is 5.02 Å². The number of nitrogens with one attached hydrogen (secondary N) is 1. The fourth-order valence-corrected chi connectivity index (χ4v) is 4.45. The van der Waals surface area contributed by atoms with Gasteiger partial charge in [-0.05, 0) is 72.2 Å². The Balaban J connectivity index is 1.25. The van der Waals surface area contributed by atoms with E-state index in [9.17, 15) is 14.4 Å². The van der Waals surface area contributed by atoms with Crippen molar-refractivity contribution in [3.8, 4) is 17.2 Å². The molecule has 212 valence electrons. The molecule has 0 radical (unpaired) electrons. The summed E-state index contributed by atoms with van der Waals surface area (Å²) in [6, 6.07) is 27.9. The Morgan fingerprint density at radius 1 is 0.762 bits per heavy atom. The van der Waals surface area contributed by atoms with Crippen LogP contribution >= 0.6 is 11.6 Å². The van der Waals surface area contributed by atoms with Gasteiger partial charge < -0.3 is 14.2 Å². The molecule has 1 aliphatic heterocycles. The van der Waals surface area contributed by atoms with Crippen LogP contribution < -0.4 is 24.4 Å². The summed E-state index contributed by atoms with van der Waals surface area (Å²) in [6.07, 6.45) is 1.42. The van der Waals surface area contributed by atoms with Crippen molar-refractivity contribution >= 4 is 41.2 Å². The first-order valence-corrected chi connectivity index (χ1v) is 13.6. The Labute approximate surface area is 248 Å². The highest BCUT2D eigenvalue weighted by molar-refractivity contribution is 6.39. The molecular formula is C33H27ClN2O6. The summed E-state index contributed by atoms with van der Waals surface area (Å²) >= 11 is 6.02. The van der Waals surface area contributed by atoms with Crippen molar-refractivity contribution < 1.29 is 28.6 Å². The fraction of sp³-hybridized carbons (Fsp3) is 0.121. The average molecular weight is 583 g/mol. The minimum atomic E-state index is -0.837. The molecule has 42 heavy (non-hydrogen) atoms. The zero-order valence-corrected chi connectivity index (χ0v) is 23.5. The van der Waals surface area contributed by atoms with Crippen LogP contribution in [0.2, 0.25) is 5.02 Å². The standard InChI is InChI=1S/C33H27ClN2O6/c1-2-40-30-18-24(13-16-29(30)42-20-23-7-4-3-5-8-23)21-41-27-14-11-22(12-15-27)17-28-31(37)35-33(39)36(32(28)38)26-10-6-9-25(34)19-26/h3-19H,2,20-21H2,1H3,(H,35,37,39)/b28-17+. The normalized spacial score (nSPS) is 14.1. The molecule has 0 unspecified atom stereocenters. The third-order valence-electron chi connectivity index (χ3n) is 6.31. The number of urea groups is 1. The maximum absolute atomic E-state index is 13.1. The van der Waals surface area contributed by atoms with E-state index >= 15 is 0 Å². The van der Waals surface area contributed by atoms with Gasteiger partial charge in [-0.2, -0.15) is 0 Å². The minimum Gasteiger partial charge on any atom is -0.490 e. The molecule has 0 aromatic heterocycles. The van der Waals surface area contributed by atoms with E-state index in [2.05, 4.69) is 5.32 Å². The van der Waals surface area contributed by atoms with Crippen molar-refractivity contribution in [1.82, 2.24) is 5.32 Å². The van der Waals surface area contributed by atoms with Crippen molar-refractivity contribution in [2.24, 2.45) is 0 Å². The molecule has 8 nitrogen and oxygen atoms in total. The summed E-state index contributed by atoms with van der Waals surface area (Å²) in [5.41, 5.74) is 2.62. The first-order valence-electron chi connectivity index (χ1n) is 13.2. The second kappa shape index (κ2) is 13.1. The van der Waals surface area contributed by atoms with Gasteiger partial charge in [-0.15, -0.1) is 0 Å². The molecule has 0 spiro atoms. The molecule has 5 rings (SSSR count). The minimum absolute atomic E-state index is 0.179. The van der Waals surface area contributed by atoms with Gasteiger partial charge in [0.1, 0.15) is 24.5 Å². The van der Waals surface area contributed by atoms with E-state index in [1.807, 2.05) is 55.5 Å². The van der Waals surface area contributed by atoms with Crippen molar-refractivity contribution in [1.29, 1.82) is 0 Å². The summed E-state index contributed by atoms with van der Waals surface area (Å²) < 4.78 is 17.7. The van der Waals surface area contributed by atoms with Crippen LogP contribution in [0, 0.1) is 0 Å². The molecule has 1 heterocycles. The lowest BCUT2D eigenvalue weighted by Gasteiger charge is -2.26. The Hall–Kier alpha value is -5.08. The molecule has 1 saturated heterocycles. The van der Waals surface area contributed by atoms with Gasteiger partial charge in [0.05, 0.1) is 12.3 Å². The van der Waals surface area contributed by atoms with Crippen molar-refractivity contribution in [3.63, 3.8) is 0 Å². The Kier molecular flexibility index (Phi) is 8.84. The molecule has 0 aliphatic carbocycles. The van der Waals surface area contributed by atoms with Crippen molar-refractivity contribution in [2.75, 3.05) is 11.5 Å². The number of rotatable bonds is 10. The van der Waals surface area contributed by atoms with Gasteiger partial charge >= 0.3 is 6.03 Å². The molecule has 0 saturated carbocycles. The van der Waals surface area contributed by atoms with E-state index < -0.39 is 17.8 Å². The van der Waals surface area contributed by atoms with Gasteiger partial charge in [0.2, 0.25) is 0 Å². The molecule has 4 aromatic rings. The summed E-state index contributed by atoms with van der Waals surface area (Å²) in [5, 5.41) is 2.56. The topological polar surface area (TPSA) is 94.2 Å². The van der Waals surface area contributed by atoms with Gasteiger partial charge in [0.25, 0.3) is 11.8 Å². The van der Waals surface area contributed by atoms with E-state index in [4.69, 9.17) is 25.8 Å². The molecule has 1 N–H and O–H groups in total. The zero-order valence-electron chi connectivity index (χ0n) is 22.7. The van der Waals surface area contributed by atoms with Crippen LogP contribution in [0.15, 0.2) is 103 Å². The number of hydrogen-bond acceptors (Lipinski definition) is 6. The number of nitrogens with zero attached hydrogens (tertiary/aromatic N) is 1. The Bertz CT molecular complexity index is 1640. The number of barbiturate groups is 1. The van der Waals surface area contributed by atoms with Crippen molar-refractivity contribution in [3.05, 3.63) is 124 Å². The fourth-order valence-electron chi connectivity index (χ4n) is 4.27. The van der Waals surface area contributed by atoms with Crippen LogP contribution in [-0.4, -0.2) is 24.5 Å². The SMILES string of the molecule is CCOc1cc(COc2ccc(/C=C3\C(=O)NC(=O)N(c4cccc(Cl)c4)C3=O)cc2)ccc1OCc1ccccc1. The molecule has 0 atom stereocenters. The predicted octanol–water partition coefficient (Wildman–Crippen LogP) is 6.56. The van der Waals surface area contributed by atoms with Gasteiger partial charge in [-0.1, -0.05) is 66.2 Å². The molecule has 1 fully saturated rings. The third-order valence-corrected chi connectivity index (χ3v) is 6.54. The molecule has 9 heteroatoms. The summed E-state index contributed by atoms with van der Waals surface area (Å²) in [7, 11) is 0. The highest BCUT2D eigenvalue weighted by Gasteiger charge is 2.36. The first kappa shape index (κ1) is 28.4. The number of carbonyl (C=O) groups excluding carboxylic acids is 3. The molecule has 0 bridgehead atoms. The molecule has 4 amide bonds. The number of imide groups is 2. The van der Waals surface area contributed by atoms with Crippen LogP contribution in [-0.2, 0) is 22.8 Å². The Morgan fingerprint density at radius 2 is 1.52 bits per heavy atom. The average Bonchev–Trinajstić information content (AvgIpc) is 2.99.